The maximum Gasteiger partial charge on any atom is 0.245 e. The Bertz CT molecular complexity index is 590. The van der Waals surface area contributed by atoms with Crippen molar-refractivity contribution in [3.05, 3.63) is 0 Å². The van der Waals surface area contributed by atoms with Crippen molar-refractivity contribution in [3.8, 4) is 0 Å². The third-order valence-electron chi connectivity index (χ3n) is 6.62. The van der Waals surface area contributed by atoms with Gasteiger partial charge in [-0.15, -0.1) is 0 Å². The summed E-state index contributed by atoms with van der Waals surface area (Å²) in [6, 6.07) is -0.710. The molecule has 4 atom stereocenters. The summed E-state index contributed by atoms with van der Waals surface area (Å²) in [4.78, 5) is 41.0. The molecular formula is C17H23N3O3. The summed E-state index contributed by atoms with van der Waals surface area (Å²) in [5, 5.41) is 2.77. The average Bonchev–Trinajstić information content (AvgIpc) is 3.28. The second-order valence-corrected chi connectivity index (χ2v) is 8.34. The number of carbonyl (C=O) groups is 3. The Morgan fingerprint density at radius 3 is 2.48 bits per heavy atom. The summed E-state index contributed by atoms with van der Waals surface area (Å²) in [5.41, 5.74) is 0.196. The summed E-state index contributed by atoms with van der Waals surface area (Å²) in [6.07, 6.45) is 5.34. The Balaban J connectivity index is 1.34. The Kier molecular flexibility index (Phi) is 2.69. The number of rotatable bonds is 2. The first kappa shape index (κ1) is 13.8. The fraction of sp³-hybridized carbons (Fsp3) is 0.824. The fourth-order valence-corrected chi connectivity index (χ4v) is 4.84. The zero-order chi connectivity index (χ0) is 15.8. The third kappa shape index (κ3) is 2.17. The number of piperidine rings is 1. The van der Waals surface area contributed by atoms with Crippen LogP contribution in [0.2, 0.25) is 0 Å². The monoisotopic (exact) mass is 317 g/mol. The van der Waals surface area contributed by atoms with E-state index in [1.54, 1.807) is 4.90 Å². The van der Waals surface area contributed by atoms with Gasteiger partial charge in [0.1, 0.15) is 12.1 Å². The van der Waals surface area contributed by atoms with E-state index in [0.29, 0.717) is 31.2 Å². The summed E-state index contributed by atoms with van der Waals surface area (Å²) < 4.78 is 0. The van der Waals surface area contributed by atoms with Crippen molar-refractivity contribution < 1.29 is 14.4 Å². The molecule has 3 heterocycles. The largest absolute Gasteiger partial charge is 0.344 e. The molecule has 2 unspecified atom stereocenters. The van der Waals surface area contributed by atoms with E-state index in [4.69, 9.17) is 0 Å². The molecule has 0 bridgehead atoms. The minimum atomic E-state index is -0.418. The van der Waals surface area contributed by atoms with E-state index >= 15 is 0 Å². The van der Waals surface area contributed by atoms with Gasteiger partial charge >= 0.3 is 0 Å². The van der Waals surface area contributed by atoms with E-state index in [-0.39, 0.29) is 29.2 Å². The van der Waals surface area contributed by atoms with Crippen LogP contribution in [0.4, 0.5) is 0 Å². The topological polar surface area (TPSA) is 69.7 Å². The molecule has 0 radical (unpaired) electrons. The van der Waals surface area contributed by atoms with Gasteiger partial charge in [-0.05, 0) is 49.4 Å². The molecule has 5 aliphatic rings. The lowest BCUT2D eigenvalue weighted by Crippen LogP contribution is -2.52. The van der Waals surface area contributed by atoms with Gasteiger partial charge in [-0.2, -0.15) is 0 Å². The number of hydrogen-bond acceptors (Lipinski definition) is 3. The number of likely N-dealkylation sites (tertiary alicyclic amines) is 2. The van der Waals surface area contributed by atoms with Crippen LogP contribution in [0.3, 0.4) is 0 Å². The standard InChI is InChI=1S/C17H23N3O3/c21-14-2-1-12(18-14)15(22)20-9-17(3-4-17)6-13(20)16(23)19-7-10-5-11(10)8-19/h10-13H,1-9H2,(H,18,21)/t10?,11?,12-,13-/m1/s1. The lowest BCUT2D eigenvalue weighted by Gasteiger charge is -2.30. The molecule has 5 rings (SSSR count). The molecule has 2 aliphatic carbocycles. The van der Waals surface area contributed by atoms with Crippen LogP contribution in [0.15, 0.2) is 0 Å². The Morgan fingerprint density at radius 2 is 1.87 bits per heavy atom. The zero-order valence-corrected chi connectivity index (χ0v) is 13.3. The number of hydrogen-bond donors (Lipinski definition) is 1. The van der Waals surface area contributed by atoms with Crippen LogP contribution >= 0.6 is 0 Å². The Hall–Kier alpha value is -1.59. The van der Waals surface area contributed by atoms with Crippen molar-refractivity contribution in [2.24, 2.45) is 17.3 Å². The highest BCUT2D eigenvalue weighted by Crippen LogP contribution is 2.55. The van der Waals surface area contributed by atoms with E-state index in [0.717, 1.165) is 32.4 Å². The molecule has 23 heavy (non-hydrogen) atoms. The highest BCUT2D eigenvalue weighted by atomic mass is 16.2. The van der Waals surface area contributed by atoms with Gasteiger partial charge in [0, 0.05) is 26.1 Å². The van der Waals surface area contributed by atoms with Crippen molar-refractivity contribution in [1.29, 1.82) is 0 Å². The first-order valence-electron chi connectivity index (χ1n) is 8.93. The van der Waals surface area contributed by atoms with E-state index in [1.165, 1.54) is 6.42 Å². The molecule has 1 spiro atoms. The smallest absolute Gasteiger partial charge is 0.245 e. The van der Waals surface area contributed by atoms with Gasteiger partial charge in [-0.1, -0.05) is 0 Å². The predicted molar refractivity (Wildman–Crippen MR) is 81.1 cm³/mol. The van der Waals surface area contributed by atoms with E-state index in [1.807, 2.05) is 4.90 Å². The van der Waals surface area contributed by atoms with Gasteiger partial charge < -0.3 is 15.1 Å². The molecular weight excluding hydrogens is 294 g/mol. The van der Waals surface area contributed by atoms with Crippen LogP contribution in [0, 0.1) is 17.3 Å². The molecule has 124 valence electrons. The molecule has 3 saturated heterocycles. The third-order valence-corrected chi connectivity index (χ3v) is 6.62. The second-order valence-electron chi connectivity index (χ2n) is 8.34. The van der Waals surface area contributed by atoms with Gasteiger partial charge in [0.15, 0.2) is 0 Å². The van der Waals surface area contributed by atoms with Crippen LogP contribution in [-0.4, -0.2) is 59.2 Å². The number of nitrogens with one attached hydrogen (secondary N) is 1. The van der Waals surface area contributed by atoms with Crippen LogP contribution in [0.25, 0.3) is 0 Å². The number of nitrogens with zero attached hydrogens (tertiary/aromatic N) is 2. The van der Waals surface area contributed by atoms with E-state index < -0.39 is 6.04 Å². The maximum absolute atomic E-state index is 13.0. The first-order chi connectivity index (χ1) is 11.0. The SMILES string of the molecule is O=C1CC[C@H](C(=O)N2CC3(CC3)C[C@@H]2C(=O)N2CC3CC3C2)N1. The number of fused-ring (bicyclic) bond motifs is 1. The molecule has 0 aromatic rings. The summed E-state index contributed by atoms with van der Waals surface area (Å²) in [6.45, 7) is 2.47. The zero-order valence-electron chi connectivity index (χ0n) is 13.3. The summed E-state index contributed by atoms with van der Waals surface area (Å²) in [5.74, 6) is 1.49. The first-order valence-corrected chi connectivity index (χ1v) is 8.93. The highest BCUT2D eigenvalue weighted by Gasteiger charge is 2.58. The van der Waals surface area contributed by atoms with Gasteiger partial charge in [-0.3, -0.25) is 14.4 Å². The molecule has 6 nitrogen and oxygen atoms in total. The number of amides is 3. The summed E-state index contributed by atoms with van der Waals surface area (Å²) >= 11 is 0. The molecule has 0 aromatic carbocycles. The van der Waals surface area contributed by atoms with Gasteiger partial charge in [-0.25, -0.2) is 0 Å². The Labute approximate surface area is 135 Å². The van der Waals surface area contributed by atoms with Crippen molar-refractivity contribution in [1.82, 2.24) is 15.1 Å². The van der Waals surface area contributed by atoms with Crippen LogP contribution in [0.1, 0.15) is 38.5 Å². The van der Waals surface area contributed by atoms with Gasteiger partial charge in [0.05, 0.1) is 0 Å². The van der Waals surface area contributed by atoms with Crippen molar-refractivity contribution in [2.45, 2.75) is 50.6 Å². The van der Waals surface area contributed by atoms with Crippen LogP contribution in [0.5, 0.6) is 0 Å². The molecule has 5 fully saturated rings. The molecule has 1 N–H and O–H groups in total. The second kappa shape index (κ2) is 4.48. The van der Waals surface area contributed by atoms with Crippen LogP contribution < -0.4 is 5.32 Å². The predicted octanol–water partition coefficient (Wildman–Crippen LogP) is 0.124. The van der Waals surface area contributed by atoms with E-state index in [2.05, 4.69) is 5.32 Å². The quantitative estimate of drug-likeness (QED) is 0.787. The lowest BCUT2D eigenvalue weighted by atomic mass is 10.0. The van der Waals surface area contributed by atoms with Crippen molar-refractivity contribution in [3.63, 3.8) is 0 Å². The van der Waals surface area contributed by atoms with Gasteiger partial charge in [0.2, 0.25) is 17.7 Å². The average molecular weight is 317 g/mol. The van der Waals surface area contributed by atoms with Crippen molar-refractivity contribution >= 4 is 17.7 Å². The maximum atomic E-state index is 13.0. The molecule has 6 heteroatoms. The van der Waals surface area contributed by atoms with Crippen LogP contribution in [-0.2, 0) is 14.4 Å². The summed E-state index contributed by atoms with van der Waals surface area (Å²) in [7, 11) is 0. The Morgan fingerprint density at radius 1 is 1.13 bits per heavy atom. The minimum Gasteiger partial charge on any atom is -0.344 e. The van der Waals surface area contributed by atoms with E-state index in [9.17, 15) is 14.4 Å². The normalized spacial score (nSPS) is 39.6. The molecule has 3 amide bonds. The molecule has 2 saturated carbocycles. The van der Waals surface area contributed by atoms with Gasteiger partial charge in [0.25, 0.3) is 0 Å². The minimum absolute atomic E-state index is 0.0395. The highest BCUT2D eigenvalue weighted by molar-refractivity contribution is 5.94. The molecule has 0 aromatic heterocycles. The van der Waals surface area contributed by atoms with Crippen molar-refractivity contribution in [2.75, 3.05) is 19.6 Å². The molecule has 3 aliphatic heterocycles. The number of carbonyl (C=O) groups excluding carboxylic acids is 3. The lowest BCUT2D eigenvalue weighted by molar-refractivity contribution is -0.144. The fourth-order valence-electron chi connectivity index (χ4n) is 4.84.